The summed E-state index contributed by atoms with van der Waals surface area (Å²) in [5.41, 5.74) is 10.3. The molecular weight excluding hydrogens is 264 g/mol. The van der Waals surface area contributed by atoms with Crippen molar-refractivity contribution in [1.82, 2.24) is 0 Å². The molecule has 2 aromatic carbocycles. The van der Waals surface area contributed by atoms with Crippen molar-refractivity contribution in [1.29, 1.82) is 0 Å². The van der Waals surface area contributed by atoms with E-state index >= 15 is 0 Å². The molecular formula is C17H20N2O2. The van der Waals surface area contributed by atoms with Gasteiger partial charge in [-0.1, -0.05) is 12.1 Å². The summed E-state index contributed by atoms with van der Waals surface area (Å²) in [4.78, 5) is 2.18. The third-order valence-corrected chi connectivity index (χ3v) is 3.65. The zero-order valence-electron chi connectivity index (χ0n) is 12.4. The van der Waals surface area contributed by atoms with Gasteiger partial charge in [0, 0.05) is 31.0 Å². The molecule has 0 fully saturated rings. The van der Waals surface area contributed by atoms with E-state index in [4.69, 9.17) is 15.2 Å². The Bertz CT molecular complexity index is 655. The first-order valence-corrected chi connectivity index (χ1v) is 7.09. The van der Waals surface area contributed by atoms with Crippen molar-refractivity contribution in [3.63, 3.8) is 0 Å². The molecule has 0 bridgehead atoms. The number of nitrogens with zero attached hydrogens (tertiary/aromatic N) is 1. The van der Waals surface area contributed by atoms with E-state index in [1.54, 1.807) is 0 Å². The second kappa shape index (κ2) is 5.56. The molecule has 0 radical (unpaired) electrons. The number of nitrogen functional groups attached to an aromatic ring is 1. The number of benzene rings is 2. The number of ether oxygens (including phenoxy) is 2. The molecule has 0 saturated carbocycles. The smallest absolute Gasteiger partial charge is 0.163 e. The Labute approximate surface area is 125 Å². The Hall–Kier alpha value is -2.36. The van der Waals surface area contributed by atoms with Gasteiger partial charge in [0.1, 0.15) is 13.2 Å². The van der Waals surface area contributed by atoms with Crippen LogP contribution >= 0.6 is 0 Å². The van der Waals surface area contributed by atoms with Gasteiger partial charge < -0.3 is 20.1 Å². The van der Waals surface area contributed by atoms with Gasteiger partial charge in [0.25, 0.3) is 0 Å². The fraction of sp³-hybridized carbons (Fsp3) is 0.294. The van der Waals surface area contributed by atoms with E-state index in [9.17, 15) is 0 Å². The van der Waals surface area contributed by atoms with Crippen LogP contribution in [0.15, 0.2) is 36.4 Å². The fourth-order valence-electron chi connectivity index (χ4n) is 2.50. The minimum atomic E-state index is 0.578. The second-order valence-electron chi connectivity index (χ2n) is 5.39. The Morgan fingerprint density at radius 3 is 2.52 bits per heavy atom. The number of rotatable bonds is 3. The number of nitrogens with two attached hydrogens (primary N) is 1. The minimum absolute atomic E-state index is 0.578. The third-order valence-electron chi connectivity index (χ3n) is 3.65. The van der Waals surface area contributed by atoms with E-state index in [0.29, 0.717) is 13.2 Å². The Morgan fingerprint density at radius 2 is 1.81 bits per heavy atom. The van der Waals surface area contributed by atoms with E-state index in [1.807, 2.05) is 12.1 Å². The maximum absolute atomic E-state index is 6.14. The van der Waals surface area contributed by atoms with Crippen molar-refractivity contribution in [3.05, 3.63) is 47.5 Å². The van der Waals surface area contributed by atoms with Crippen LogP contribution in [0, 0.1) is 6.92 Å². The van der Waals surface area contributed by atoms with Gasteiger partial charge in [0.15, 0.2) is 11.5 Å². The average molecular weight is 284 g/mol. The predicted octanol–water partition coefficient (Wildman–Crippen LogP) is 2.98. The van der Waals surface area contributed by atoms with Gasteiger partial charge in [-0.3, -0.25) is 0 Å². The molecule has 3 rings (SSSR count). The first-order valence-electron chi connectivity index (χ1n) is 7.09. The van der Waals surface area contributed by atoms with Crippen molar-refractivity contribution in [2.75, 3.05) is 30.9 Å². The van der Waals surface area contributed by atoms with Crippen molar-refractivity contribution < 1.29 is 9.47 Å². The molecule has 0 unspecified atom stereocenters. The van der Waals surface area contributed by atoms with E-state index in [-0.39, 0.29) is 0 Å². The van der Waals surface area contributed by atoms with Crippen LogP contribution in [-0.2, 0) is 6.54 Å². The molecule has 0 amide bonds. The van der Waals surface area contributed by atoms with Gasteiger partial charge in [-0.2, -0.15) is 0 Å². The van der Waals surface area contributed by atoms with Gasteiger partial charge in [-0.25, -0.2) is 0 Å². The molecule has 4 heteroatoms. The second-order valence-corrected chi connectivity index (χ2v) is 5.39. The molecule has 1 aliphatic rings. The van der Waals surface area contributed by atoms with Crippen LogP contribution in [0.3, 0.4) is 0 Å². The number of hydrogen-bond acceptors (Lipinski definition) is 4. The van der Waals surface area contributed by atoms with Crippen molar-refractivity contribution in [3.8, 4) is 11.5 Å². The maximum atomic E-state index is 6.14. The lowest BCUT2D eigenvalue weighted by Gasteiger charge is -2.24. The molecule has 1 heterocycles. The van der Waals surface area contributed by atoms with Crippen LogP contribution in [-0.4, -0.2) is 20.3 Å². The summed E-state index contributed by atoms with van der Waals surface area (Å²) in [6, 6.07) is 12.3. The highest BCUT2D eigenvalue weighted by molar-refractivity contribution is 5.60. The van der Waals surface area contributed by atoms with Crippen LogP contribution in [0.2, 0.25) is 0 Å². The van der Waals surface area contributed by atoms with Gasteiger partial charge in [0.2, 0.25) is 0 Å². The SMILES string of the molecule is Cc1cccc(N(C)Cc2cc3c(cc2N)OCCO3)c1. The standard InChI is InChI=1S/C17H20N2O2/c1-12-4-3-5-14(8-12)19(2)11-13-9-16-17(10-15(13)18)21-7-6-20-16/h3-5,8-10H,6-7,11,18H2,1-2H3. The van der Waals surface area contributed by atoms with Crippen LogP contribution in [0.5, 0.6) is 11.5 Å². The van der Waals surface area contributed by atoms with Crippen molar-refractivity contribution in [2.24, 2.45) is 0 Å². The van der Waals surface area contributed by atoms with Crippen LogP contribution < -0.4 is 20.1 Å². The predicted molar refractivity (Wildman–Crippen MR) is 85.1 cm³/mol. The van der Waals surface area contributed by atoms with Crippen molar-refractivity contribution >= 4 is 11.4 Å². The largest absolute Gasteiger partial charge is 0.486 e. The molecule has 4 nitrogen and oxygen atoms in total. The zero-order valence-corrected chi connectivity index (χ0v) is 12.4. The summed E-state index contributed by atoms with van der Waals surface area (Å²) < 4.78 is 11.2. The Morgan fingerprint density at radius 1 is 1.10 bits per heavy atom. The number of fused-ring (bicyclic) bond motifs is 1. The number of aryl methyl sites for hydroxylation is 1. The molecule has 0 aliphatic carbocycles. The van der Waals surface area contributed by atoms with E-state index in [1.165, 1.54) is 11.3 Å². The first kappa shape index (κ1) is 13.6. The van der Waals surface area contributed by atoms with Crippen LogP contribution in [0.1, 0.15) is 11.1 Å². The molecule has 110 valence electrons. The van der Waals surface area contributed by atoms with Gasteiger partial charge >= 0.3 is 0 Å². The summed E-state index contributed by atoms with van der Waals surface area (Å²) in [6.45, 7) is 3.99. The first-order chi connectivity index (χ1) is 10.1. The molecule has 0 aromatic heterocycles. The average Bonchev–Trinajstić information content (AvgIpc) is 2.48. The number of anilines is 2. The lowest BCUT2D eigenvalue weighted by molar-refractivity contribution is 0.171. The molecule has 2 aromatic rings. The van der Waals surface area contributed by atoms with Gasteiger partial charge in [0.05, 0.1) is 0 Å². The summed E-state index contributed by atoms with van der Waals surface area (Å²) in [7, 11) is 2.06. The molecule has 0 spiro atoms. The lowest BCUT2D eigenvalue weighted by Crippen LogP contribution is -2.19. The zero-order chi connectivity index (χ0) is 14.8. The Kier molecular flexibility index (Phi) is 3.60. The number of hydrogen-bond donors (Lipinski definition) is 1. The molecule has 2 N–H and O–H groups in total. The molecule has 21 heavy (non-hydrogen) atoms. The summed E-state index contributed by atoms with van der Waals surface area (Å²) in [6.07, 6.45) is 0. The summed E-state index contributed by atoms with van der Waals surface area (Å²) in [5, 5.41) is 0. The van der Waals surface area contributed by atoms with Crippen molar-refractivity contribution in [2.45, 2.75) is 13.5 Å². The normalized spacial score (nSPS) is 13.0. The van der Waals surface area contributed by atoms with E-state index in [2.05, 4.69) is 43.1 Å². The molecule has 0 atom stereocenters. The molecule has 1 aliphatic heterocycles. The summed E-state index contributed by atoms with van der Waals surface area (Å²) >= 11 is 0. The van der Waals surface area contributed by atoms with Gasteiger partial charge in [-0.05, 0) is 36.2 Å². The topological polar surface area (TPSA) is 47.7 Å². The van der Waals surface area contributed by atoms with Gasteiger partial charge in [-0.15, -0.1) is 0 Å². The minimum Gasteiger partial charge on any atom is -0.486 e. The monoisotopic (exact) mass is 284 g/mol. The highest BCUT2D eigenvalue weighted by Gasteiger charge is 2.15. The quantitative estimate of drug-likeness (QED) is 0.880. The highest BCUT2D eigenvalue weighted by Crippen LogP contribution is 2.35. The van der Waals surface area contributed by atoms with E-state index in [0.717, 1.165) is 29.3 Å². The third kappa shape index (κ3) is 2.89. The highest BCUT2D eigenvalue weighted by atomic mass is 16.6. The lowest BCUT2D eigenvalue weighted by atomic mass is 10.1. The van der Waals surface area contributed by atoms with Crippen LogP contribution in [0.25, 0.3) is 0 Å². The maximum Gasteiger partial charge on any atom is 0.163 e. The van der Waals surface area contributed by atoms with E-state index < -0.39 is 0 Å². The summed E-state index contributed by atoms with van der Waals surface area (Å²) in [5.74, 6) is 1.52. The van der Waals surface area contributed by atoms with Crippen LogP contribution in [0.4, 0.5) is 11.4 Å². The Balaban J connectivity index is 1.84. The fourth-order valence-corrected chi connectivity index (χ4v) is 2.50. The molecule has 0 saturated heterocycles.